The molecule has 1 aliphatic carbocycles. The summed E-state index contributed by atoms with van der Waals surface area (Å²) in [6.45, 7) is 3.72. The molecule has 2 rings (SSSR count). The van der Waals surface area contributed by atoms with Gasteiger partial charge in [-0.05, 0) is 37.5 Å². The van der Waals surface area contributed by atoms with Gasteiger partial charge in [0, 0.05) is 12.6 Å². The number of hydrogen-bond donors (Lipinski definition) is 1. The summed E-state index contributed by atoms with van der Waals surface area (Å²) in [5.74, 6) is 3.96. The minimum Gasteiger partial charge on any atom is -0.490 e. The average molecular weight is 273 g/mol. The van der Waals surface area contributed by atoms with Crippen molar-refractivity contribution in [1.82, 2.24) is 5.32 Å². The third-order valence-corrected chi connectivity index (χ3v) is 3.57. The average Bonchev–Trinajstić information content (AvgIpc) is 2.98. The number of rotatable bonds is 7. The Morgan fingerprint density at radius 2 is 2.05 bits per heavy atom. The fourth-order valence-corrected chi connectivity index (χ4v) is 2.56. The summed E-state index contributed by atoms with van der Waals surface area (Å²) in [7, 11) is 0. The molecule has 3 heteroatoms. The van der Waals surface area contributed by atoms with Crippen molar-refractivity contribution in [1.29, 1.82) is 0 Å². The van der Waals surface area contributed by atoms with Crippen LogP contribution in [0.1, 0.15) is 38.2 Å². The number of benzene rings is 1. The van der Waals surface area contributed by atoms with Crippen molar-refractivity contribution < 1.29 is 9.47 Å². The number of nitrogens with one attached hydrogen (secondary N) is 1. The van der Waals surface area contributed by atoms with Gasteiger partial charge in [-0.15, -0.1) is 6.42 Å². The Morgan fingerprint density at radius 3 is 2.75 bits per heavy atom. The molecule has 1 N–H and O–H groups in total. The second kappa shape index (κ2) is 7.81. The van der Waals surface area contributed by atoms with E-state index in [0.29, 0.717) is 12.6 Å². The summed E-state index contributed by atoms with van der Waals surface area (Å²) in [5.41, 5.74) is 1.22. The zero-order valence-corrected chi connectivity index (χ0v) is 12.2. The van der Waals surface area contributed by atoms with Gasteiger partial charge in [-0.3, -0.25) is 0 Å². The first-order valence-electron chi connectivity index (χ1n) is 7.39. The molecular weight excluding hydrogens is 250 g/mol. The Bertz CT molecular complexity index is 459. The van der Waals surface area contributed by atoms with Crippen molar-refractivity contribution in [3.05, 3.63) is 23.8 Å². The molecule has 3 nitrogen and oxygen atoms in total. The molecule has 0 heterocycles. The number of terminal acetylenes is 1. The van der Waals surface area contributed by atoms with Crippen LogP contribution in [0.2, 0.25) is 0 Å². The van der Waals surface area contributed by atoms with Crippen LogP contribution in [0, 0.1) is 12.3 Å². The molecule has 108 valence electrons. The number of hydrogen-bond acceptors (Lipinski definition) is 3. The van der Waals surface area contributed by atoms with E-state index < -0.39 is 0 Å². The van der Waals surface area contributed by atoms with Crippen molar-refractivity contribution in [2.24, 2.45) is 0 Å². The summed E-state index contributed by atoms with van der Waals surface area (Å²) >= 11 is 0. The fourth-order valence-electron chi connectivity index (χ4n) is 2.56. The van der Waals surface area contributed by atoms with Crippen molar-refractivity contribution in [3.63, 3.8) is 0 Å². The molecule has 0 saturated heterocycles. The summed E-state index contributed by atoms with van der Waals surface area (Å²) in [4.78, 5) is 0. The molecule has 0 bridgehead atoms. The minimum absolute atomic E-state index is 0.264. The first kappa shape index (κ1) is 14.7. The van der Waals surface area contributed by atoms with Crippen LogP contribution >= 0.6 is 0 Å². The molecule has 0 radical (unpaired) electrons. The van der Waals surface area contributed by atoms with Crippen LogP contribution in [0.5, 0.6) is 11.5 Å². The minimum atomic E-state index is 0.264. The van der Waals surface area contributed by atoms with Crippen LogP contribution in [-0.2, 0) is 6.54 Å². The summed E-state index contributed by atoms with van der Waals surface area (Å²) in [6, 6.07) is 6.71. The molecule has 0 atom stereocenters. The van der Waals surface area contributed by atoms with Crippen LogP contribution in [-0.4, -0.2) is 19.3 Å². The lowest BCUT2D eigenvalue weighted by molar-refractivity contribution is 0.299. The van der Waals surface area contributed by atoms with Gasteiger partial charge < -0.3 is 14.8 Å². The standard InChI is InChI=1S/C17H23NO2/c1-3-11-20-16-10-9-14(12-17(16)19-4-2)13-18-15-7-5-6-8-15/h1,9-10,12,15,18H,4-8,11,13H2,2H3. The zero-order chi connectivity index (χ0) is 14.2. The van der Waals surface area contributed by atoms with Gasteiger partial charge in [-0.1, -0.05) is 24.8 Å². The van der Waals surface area contributed by atoms with Crippen molar-refractivity contribution >= 4 is 0 Å². The van der Waals surface area contributed by atoms with Gasteiger partial charge in [-0.2, -0.15) is 0 Å². The van der Waals surface area contributed by atoms with E-state index >= 15 is 0 Å². The van der Waals surface area contributed by atoms with E-state index in [1.54, 1.807) is 0 Å². The first-order valence-corrected chi connectivity index (χ1v) is 7.39. The Hall–Kier alpha value is -1.66. The maximum absolute atomic E-state index is 5.63. The highest BCUT2D eigenvalue weighted by molar-refractivity contribution is 5.43. The molecule has 1 saturated carbocycles. The van der Waals surface area contributed by atoms with E-state index in [9.17, 15) is 0 Å². The second-order valence-electron chi connectivity index (χ2n) is 5.07. The van der Waals surface area contributed by atoms with E-state index in [1.807, 2.05) is 19.1 Å². The van der Waals surface area contributed by atoms with Crippen LogP contribution in [0.4, 0.5) is 0 Å². The van der Waals surface area contributed by atoms with Crippen LogP contribution in [0.15, 0.2) is 18.2 Å². The van der Waals surface area contributed by atoms with Gasteiger partial charge in [0.15, 0.2) is 11.5 Å². The summed E-state index contributed by atoms with van der Waals surface area (Å²) < 4.78 is 11.1. The summed E-state index contributed by atoms with van der Waals surface area (Å²) in [6.07, 6.45) is 10.5. The largest absolute Gasteiger partial charge is 0.490 e. The van der Waals surface area contributed by atoms with Crippen molar-refractivity contribution in [2.75, 3.05) is 13.2 Å². The van der Waals surface area contributed by atoms with Gasteiger partial charge >= 0.3 is 0 Å². The smallest absolute Gasteiger partial charge is 0.162 e. The van der Waals surface area contributed by atoms with E-state index in [0.717, 1.165) is 18.0 Å². The van der Waals surface area contributed by atoms with E-state index in [1.165, 1.54) is 31.2 Å². The normalized spacial score (nSPS) is 15.0. The van der Waals surface area contributed by atoms with Gasteiger partial charge in [0.25, 0.3) is 0 Å². The molecule has 0 spiro atoms. The lowest BCUT2D eigenvalue weighted by atomic mass is 10.1. The summed E-state index contributed by atoms with van der Waals surface area (Å²) in [5, 5.41) is 3.60. The maximum atomic E-state index is 5.63. The highest BCUT2D eigenvalue weighted by Crippen LogP contribution is 2.28. The highest BCUT2D eigenvalue weighted by Gasteiger charge is 2.14. The Morgan fingerprint density at radius 1 is 1.25 bits per heavy atom. The lowest BCUT2D eigenvalue weighted by Crippen LogP contribution is -2.25. The van der Waals surface area contributed by atoms with Gasteiger partial charge in [0.2, 0.25) is 0 Å². The first-order chi connectivity index (χ1) is 9.83. The molecule has 1 aromatic carbocycles. The maximum Gasteiger partial charge on any atom is 0.162 e. The van der Waals surface area contributed by atoms with Crippen molar-refractivity contribution in [3.8, 4) is 23.8 Å². The quantitative estimate of drug-likeness (QED) is 0.774. The molecule has 0 aliphatic heterocycles. The molecule has 1 fully saturated rings. The third kappa shape index (κ3) is 4.18. The third-order valence-electron chi connectivity index (χ3n) is 3.57. The Balaban J connectivity index is 1.98. The Kier molecular flexibility index (Phi) is 5.76. The number of ether oxygens (including phenoxy) is 2. The predicted octanol–water partition coefficient (Wildman–Crippen LogP) is 3.13. The van der Waals surface area contributed by atoms with E-state index in [4.69, 9.17) is 15.9 Å². The second-order valence-corrected chi connectivity index (χ2v) is 5.07. The molecular formula is C17H23NO2. The highest BCUT2D eigenvalue weighted by atomic mass is 16.5. The lowest BCUT2D eigenvalue weighted by Gasteiger charge is -2.14. The SMILES string of the molecule is C#CCOc1ccc(CNC2CCCC2)cc1OCC. The molecule has 0 amide bonds. The van der Waals surface area contributed by atoms with E-state index in [-0.39, 0.29) is 6.61 Å². The van der Waals surface area contributed by atoms with Gasteiger partial charge in [-0.25, -0.2) is 0 Å². The molecule has 0 unspecified atom stereocenters. The van der Waals surface area contributed by atoms with Gasteiger partial charge in [0.1, 0.15) is 6.61 Å². The molecule has 20 heavy (non-hydrogen) atoms. The van der Waals surface area contributed by atoms with Crippen LogP contribution in [0.3, 0.4) is 0 Å². The van der Waals surface area contributed by atoms with Crippen molar-refractivity contribution in [2.45, 2.75) is 45.2 Å². The monoisotopic (exact) mass is 273 g/mol. The molecule has 0 aromatic heterocycles. The topological polar surface area (TPSA) is 30.5 Å². The van der Waals surface area contributed by atoms with E-state index in [2.05, 4.69) is 17.3 Å². The fraction of sp³-hybridized carbons (Fsp3) is 0.529. The Labute approximate surface area is 121 Å². The zero-order valence-electron chi connectivity index (χ0n) is 12.2. The van der Waals surface area contributed by atoms with Gasteiger partial charge in [0.05, 0.1) is 6.61 Å². The molecule has 1 aromatic rings. The molecule has 1 aliphatic rings. The van der Waals surface area contributed by atoms with Crippen LogP contribution in [0.25, 0.3) is 0 Å². The predicted molar refractivity (Wildman–Crippen MR) is 81.0 cm³/mol. The van der Waals surface area contributed by atoms with Crippen LogP contribution < -0.4 is 14.8 Å².